The predicted molar refractivity (Wildman–Crippen MR) is 79.8 cm³/mol. The molecule has 0 amide bonds. The molecule has 2 aromatic carbocycles. The van der Waals surface area contributed by atoms with E-state index >= 15 is 0 Å². The summed E-state index contributed by atoms with van der Waals surface area (Å²) >= 11 is 0. The number of aromatic nitrogens is 3. The van der Waals surface area contributed by atoms with Gasteiger partial charge in [-0.25, -0.2) is 4.98 Å². The molecule has 3 rings (SSSR count). The predicted octanol–water partition coefficient (Wildman–Crippen LogP) is 2.66. The van der Waals surface area contributed by atoms with E-state index in [2.05, 4.69) is 21.3 Å². The Morgan fingerprint density at radius 3 is 2.38 bits per heavy atom. The molecule has 1 aromatic heterocycles. The number of hydrogen-bond donors (Lipinski definition) is 1. The summed E-state index contributed by atoms with van der Waals surface area (Å²) in [5.41, 5.74) is 9.16. The molecule has 0 bridgehead atoms. The minimum atomic E-state index is 0.119. The molecule has 100 valence electrons. The van der Waals surface area contributed by atoms with E-state index in [9.17, 15) is 0 Å². The number of nitrogen functional groups attached to an aromatic ring is 1. The van der Waals surface area contributed by atoms with Crippen molar-refractivity contribution in [3.8, 4) is 28.6 Å². The maximum Gasteiger partial charge on any atom is 0.240 e. The van der Waals surface area contributed by atoms with Crippen LogP contribution in [0.2, 0.25) is 0 Å². The van der Waals surface area contributed by atoms with Gasteiger partial charge < -0.3 is 5.73 Å². The Bertz CT molecular complexity index is 822. The average Bonchev–Trinajstić information content (AvgIpc) is 2.55. The van der Waals surface area contributed by atoms with Crippen molar-refractivity contribution < 1.29 is 0 Å². The zero-order valence-electron chi connectivity index (χ0n) is 11.1. The average molecular weight is 273 g/mol. The highest BCUT2D eigenvalue weighted by Gasteiger charge is 2.12. The maximum absolute atomic E-state index is 9.02. The van der Waals surface area contributed by atoms with Gasteiger partial charge in [-0.05, 0) is 12.1 Å². The molecule has 0 unspecified atom stereocenters. The molecule has 0 saturated carbocycles. The van der Waals surface area contributed by atoms with E-state index in [-0.39, 0.29) is 5.95 Å². The lowest BCUT2D eigenvalue weighted by atomic mass is 10.0. The van der Waals surface area contributed by atoms with Gasteiger partial charge in [0.15, 0.2) is 0 Å². The van der Waals surface area contributed by atoms with Crippen molar-refractivity contribution in [2.24, 2.45) is 0 Å². The molecule has 0 aliphatic rings. The highest BCUT2D eigenvalue weighted by Crippen LogP contribution is 2.28. The summed E-state index contributed by atoms with van der Waals surface area (Å²) in [5, 5.41) is 17.0. The van der Waals surface area contributed by atoms with Crippen molar-refractivity contribution in [3.63, 3.8) is 0 Å². The lowest BCUT2D eigenvalue weighted by Gasteiger charge is -2.08. The van der Waals surface area contributed by atoms with E-state index in [1.807, 2.05) is 36.4 Å². The van der Waals surface area contributed by atoms with Crippen molar-refractivity contribution in [2.45, 2.75) is 0 Å². The fourth-order valence-corrected chi connectivity index (χ4v) is 2.07. The number of rotatable bonds is 2. The molecule has 0 fully saturated rings. The molecule has 0 spiro atoms. The normalized spacial score (nSPS) is 10.0. The third-order valence-corrected chi connectivity index (χ3v) is 3.02. The number of nitrogens with two attached hydrogens (primary N) is 1. The van der Waals surface area contributed by atoms with Gasteiger partial charge in [0.1, 0.15) is 11.4 Å². The number of benzene rings is 2. The molecule has 0 aliphatic heterocycles. The second-order valence-electron chi connectivity index (χ2n) is 4.43. The summed E-state index contributed by atoms with van der Waals surface area (Å²) < 4.78 is 0. The largest absolute Gasteiger partial charge is 0.366 e. The summed E-state index contributed by atoms with van der Waals surface area (Å²) in [6.07, 6.45) is 0. The molecule has 0 radical (unpaired) electrons. The molecule has 0 aliphatic carbocycles. The van der Waals surface area contributed by atoms with Crippen LogP contribution in [0.5, 0.6) is 0 Å². The summed E-state index contributed by atoms with van der Waals surface area (Å²) in [5.74, 6) is 0.119. The van der Waals surface area contributed by atoms with Gasteiger partial charge in [0.25, 0.3) is 0 Å². The van der Waals surface area contributed by atoms with Gasteiger partial charge in [0.05, 0.1) is 11.6 Å². The van der Waals surface area contributed by atoms with Crippen molar-refractivity contribution >= 4 is 5.95 Å². The van der Waals surface area contributed by atoms with Gasteiger partial charge in [-0.1, -0.05) is 42.5 Å². The van der Waals surface area contributed by atoms with E-state index < -0.39 is 0 Å². The summed E-state index contributed by atoms with van der Waals surface area (Å²) in [6, 6.07) is 18.9. The van der Waals surface area contributed by atoms with Gasteiger partial charge in [0, 0.05) is 11.1 Å². The van der Waals surface area contributed by atoms with Crippen LogP contribution in [0.15, 0.2) is 54.6 Å². The third-order valence-electron chi connectivity index (χ3n) is 3.02. The van der Waals surface area contributed by atoms with Crippen molar-refractivity contribution in [1.82, 2.24) is 15.2 Å². The van der Waals surface area contributed by atoms with E-state index in [4.69, 9.17) is 11.0 Å². The molecule has 5 heteroatoms. The fraction of sp³-hybridized carbons (Fsp3) is 0. The quantitative estimate of drug-likeness (QED) is 0.775. The summed E-state index contributed by atoms with van der Waals surface area (Å²) in [7, 11) is 0. The molecule has 5 nitrogen and oxygen atoms in total. The zero-order chi connectivity index (χ0) is 14.7. The van der Waals surface area contributed by atoms with Gasteiger partial charge in [-0.15, -0.1) is 10.2 Å². The SMILES string of the molecule is N#Cc1cccc(-c2nnc(N)nc2-c2ccccc2)c1. The van der Waals surface area contributed by atoms with E-state index in [0.29, 0.717) is 17.0 Å². The minimum Gasteiger partial charge on any atom is -0.366 e. The number of anilines is 1. The van der Waals surface area contributed by atoms with Crippen LogP contribution in [0, 0.1) is 11.3 Å². The lowest BCUT2D eigenvalue weighted by molar-refractivity contribution is 0.997. The molecule has 2 N–H and O–H groups in total. The first kappa shape index (κ1) is 12.8. The van der Waals surface area contributed by atoms with Crippen LogP contribution in [0.3, 0.4) is 0 Å². The molecule has 3 aromatic rings. The number of hydrogen-bond acceptors (Lipinski definition) is 5. The van der Waals surface area contributed by atoms with Crippen LogP contribution in [-0.2, 0) is 0 Å². The van der Waals surface area contributed by atoms with Gasteiger partial charge in [-0.3, -0.25) is 0 Å². The second kappa shape index (κ2) is 5.39. The minimum absolute atomic E-state index is 0.119. The zero-order valence-corrected chi connectivity index (χ0v) is 11.1. The first-order chi connectivity index (χ1) is 10.3. The molecular formula is C16H11N5. The summed E-state index contributed by atoms with van der Waals surface area (Å²) in [4.78, 5) is 4.30. The Labute approximate surface area is 121 Å². The monoisotopic (exact) mass is 273 g/mol. The third kappa shape index (κ3) is 2.55. The molecule has 0 atom stereocenters. The standard InChI is InChI=1S/C16H11N5/c17-10-11-5-4-8-13(9-11)15-14(19-16(18)21-20-15)12-6-2-1-3-7-12/h1-9H,(H2,18,19,21). The Kier molecular flexibility index (Phi) is 3.27. The maximum atomic E-state index is 9.02. The number of nitriles is 1. The topological polar surface area (TPSA) is 88.5 Å². The Morgan fingerprint density at radius 1 is 0.857 bits per heavy atom. The fourth-order valence-electron chi connectivity index (χ4n) is 2.07. The Balaban J connectivity index is 2.21. The number of nitrogens with zero attached hydrogens (tertiary/aromatic N) is 4. The Hall–Kier alpha value is -3.26. The van der Waals surface area contributed by atoms with Crippen LogP contribution >= 0.6 is 0 Å². The first-order valence-electron chi connectivity index (χ1n) is 6.34. The molecule has 1 heterocycles. The lowest BCUT2D eigenvalue weighted by Crippen LogP contribution is -2.02. The van der Waals surface area contributed by atoms with Crippen LogP contribution in [0.4, 0.5) is 5.95 Å². The first-order valence-corrected chi connectivity index (χ1v) is 6.34. The van der Waals surface area contributed by atoms with Crippen LogP contribution < -0.4 is 5.73 Å². The van der Waals surface area contributed by atoms with Crippen molar-refractivity contribution in [1.29, 1.82) is 5.26 Å². The van der Waals surface area contributed by atoms with Crippen molar-refractivity contribution in [2.75, 3.05) is 5.73 Å². The molecular weight excluding hydrogens is 262 g/mol. The second-order valence-corrected chi connectivity index (χ2v) is 4.43. The highest BCUT2D eigenvalue weighted by atomic mass is 15.2. The van der Waals surface area contributed by atoms with Crippen LogP contribution in [-0.4, -0.2) is 15.2 Å². The van der Waals surface area contributed by atoms with E-state index in [0.717, 1.165) is 11.1 Å². The Morgan fingerprint density at radius 2 is 1.62 bits per heavy atom. The van der Waals surface area contributed by atoms with Crippen LogP contribution in [0.25, 0.3) is 22.5 Å². The van der Waals surface area contributed by atoms with Gasteiger partial charge in [0.2, 0.25) is 5.95 Å². The molecule has 21 heavy (non-hydrogen) atoms. The van der Waals surface area contributed by atoms with Crippen molar-refractivity contribution in [3.05, 3.63) is 60.2 Å². The molecule has 0 saturated heterocycles. The smallest absolute Gasteiger partial charge is 0.240 e. The highest BCUT2D eigenvalue weighted by molar-refractivity contribution is 5.78. The van der Waals surface area contributed by atoms with E-state index in [1.54, 1.807) is 18.2 Å². The van der Waals surface area contributed by atoms with Crippen LogP contribution in [0.1, 0.15) is 5.56 Å². The van der Waals surface area contributed by atoms with E-state index in [1.165, 1.54) is 0 Å². The van der Waals surface area contributed by atoms with Gasteiger partial charge >= 0.3 is 0 Å². The van der Waals surface area contributed by atoms with Gasteiger partial charge in [-0.2, -0.15) is 5.26 Å². The summed E-state index contributed by atoms with van der Waals surface area (Å²) in [6.45, 7) is 0.